The van der Waals surface area contributed by atoms with E-state index in [2.05, 4.69) is 20.4 Å². The third-order valence-corrected chi connectivity index (χ3v) is 1.99. The molecule has 78 valence electrons. The summed E-state index contributed by atoms with van der Waals surface area (Å²) < 4.78 is 4.97. The lowest BCUT2D eigenvalue weighted by Gasteiger charge is -2.04. The average molecular weight is 204 g/mol. The molecule has 0 radical (unpaired) electrons. The van der Waals surface area contributed by atoms with Gasteiger partial charge in [0.05, 0.1) is 6.54 Å². The topological polar surface area (TPSA) is 63.8 Å². The standard InChI is InChI=1S/C10H12N4O/c1-7-4-3-5-11-10(7)12-6-9-13-8(2)14-15-9/h3-5H,6H2,1-2H3,(H,11,12). The van der Waals surface area contributed by atoms with E-state index in [1.807, 2.05) is 19.1 Å². The summed E-state index contributed by atoms with van der Waals surface area (Å²) in [6.45, 7) is 4.28. The summed E-state index contributed by atoms with van der Waals surface area (Å²) in [6, 6.07) is 3.89. The first-order valence-corrected chi connectivity index (χ1v) is 4.70. The number of pyridine rings is 1. The number of anilines is 1. The molecule has 0 fully saturated rings. The summed E-state index contributed by atoms with van der Waals surface area (Å²) in [7, 11) is 0. The van der Waals surface area contributed by atoms with Crippen LogP contribution in [0, 0.1) is 13.8 Å². The molecule has 2 aromatic rings. The van der Waals surface area contributed by atoms with E-state index in [1.165, 1.54) is 0 Å². The van der Waals surface area contributed by atoms with Crippen LogP contribution in [0.15, 0.2) is 22.9 Å². The van der Waals surface area contributed by atoms with E-state index in [9.17, 15) is 0 Å². The van der Waals surface area contributed by atoms with Crippen molar-refractivity contribution in [3.63, 3.8) is 0 Å². The van der Waals surface area contributed by atoms with Crippen LogP contribution < -0.4 is 5.32 Å². The molecule has 0 aromatic carbocycles. The highest BCUT2D eigenvalue weighted by molar-refractivity contribution is 5.42. The molecule has 2 aromatic heterocycles. The second kappa shape index (κ2) is 4.08. The van der Waals surface area contributed by atoms with Crippen LogP contribution in [0.25, 0.3) is 0 Å². The summed E-state index contributed by atoms with van der Waals surface area (Å²) in [5.41, 5.74) is 1.09. The SMILES string of the molecule is Cc1noc(CNc2ncccc2C)n1. The molecule has 15 heavy (non-hydrogen) atoms. The van der Waals surface area contributed by atoms with E-state index in [-0.39, 0.29) is 0 Å². The van der Waals surface area contributed by atoms with Crippen LogP contribution in [-0.4, -0.2) is 15.1 Å². The molecule has 0 aliphatic carbocycles. The molecule has 2 rings (SSSR count). The maximum Gasteiger partial charge on any atom is 0.245 e. The molecule has 2 heterocycles. The summed E-state index contributed by atoms with van der Waals surface area (Å²) in [5.74, 6) is 2.05. The molecule has 0 bridgehead atoms. The number of rotatable bonds is 3. The summed E-state index contributed by atoms with van der Waals surface area (Å²) in [4.78, 5) is 8.29. The van der Waals surface area contributed by atoms with Crippen molar-refractivity contribution in [1.82, 2.24) is 15.1 Å². The van der Waals surface area contributed by atoms with Crippen molar-refractivity contribution in [3.8, 4) is 0 Å². The predicted molar refractivity (Wildman–Crippen MR) is 55.3 cm³/mol. The molecule has 5 heteroatoms. The lowest BCUT2D eigenvalue weighted by Crippen LogP contribution is -2.03. The predicted octanol–water partition coefficient (Wildman–Crippen LogP) is 1.69. The first-order chi connectivity index (χ1) is 7.25. The number of hydrogen-bond donors (Lipinski definition) is 1. The smallest absolute Gasteiger partial charge is 0.245 e. The highest BCUT2D eigenvalue weighted by Gasteiger charge is 2.03. The number of hydrogen-bond acceptors (Lipinski definition) is 5. The number of aryl methyl sites for hydroxylation is 2. The van der Waals surface area contributed by atoms with Gasteiger partial charge in [-0.05, 0) is 25.5 Å². The minimum atomic E-state index is 0.499. The van der Waals surface area contributed by atoms with Crippen LogP contribution in [0.5, 0.6) is 0 Å². The Hall–Kier alpha value is -1.91. The Morgan fingerprint density at radius 1 is 1.40 bits per heavy atom. The molecule has 5 nitrogen and oxygen atoms in total. The maximum atomic E-state index is 4.97. The van der Waals surface area contributed by atoms with Crippen molar-refractivity contribution in [2.45, 2.75) is 20.4 Å². The van der Waals surface area contributed by atoms with Gasteiger partial charge in [0.15, 0.2) is 5.82 Å². The van der Waals surface area contributed by atoms with Crippen LogP contribution in [-0.2, 0) is 6.54 Å². The molecule has 0 aliphatic heterocycles. The highest BCUT2D eigenvalue weighted by Crippen LogP contribution is 2.10. The zero-order valence-electron chi connectivity index (χ0n) is 8.69. The van der Waals surface area contributed by atoms with Gasteiger partial charge >= 0.3 is 0 Å². The molecule has 0 atom stereocenters. The summed E-state index contributed by atoms with van der Waals surface area (Å²) in [6.07, 6.45) is 1.74. The fourth-order valence-corrected chi connectivity index (χ4v) is 1.24. The van der Waals surface area contributed by atoms with Crippen molar-refractivity contribution in [1.29, 1.82) is 0 Å². The van der Waals surface area contributed by atoms with Crippen LogP contribution in [0.4, 0.5) is 5.82 Å². The Morgan fingerprint density at radius 3 is 2.93 bits per heavy atom. The van der Waals surface area contributed by atoms with Gasteiger partial charge in [-0.15, -0.1) is 0 Å². The Kier molecular flexibility index (Phi) is 2.62. The molecular weight excluding hydrogens is 192 g/mol. The van der Waals surface area contributed by atoms with E-state index in [1.54, 1.807) is 13.1 Å². The van der Waals surface area contributed by atoms with Gasteiger partial charge < -0.3 is 9.84 Å². The zero-order valence-corrected chi connectivity index (χ0v) is 8.69. The molecule has 0 unspecified atom stereocenters. The Morgan fingerprint density at radius 2 is 2.27 bits per heavy atom. The van der Waals surface area contributed by atoms with Crippen molar-refractivity contribution in [2.24, 2.45) is 0 Å². The van der Waals surface area contributed by atoms with Crippen molar-refractivity contribution < 1.29 is 4.52 Å². The van der Waals surface area contributed by atoms with E-state index >= 15 is 0 Å². The van der Waals surface area contributed by atoms with E-state index in [0.717, 1.165) is 11.4 Å². The van der Waals surface area contributed by atoms with Crippen LogP contribution >= 0.6 is 0 Å². The molecule has 0 amide bonds. The molecule has 0 spiro atoms. The number of nitrogens with zero attached hydrogens (tertiary/aromatic N) is 3. The highest BCUT2D eigenvalue weighted by atomic mass is 16.5. The number of aromatic nitrogens is 3. The second-order valence-corrected chi connectivity index (χ2v) is 3.26. The minimum Gasteiger partial charge on any atom is -0.361 e. The van der Waals surface area contributed by atoms with Crippen molar-refractivity contribution in [3.05, 3.63) is 35.6 Å². The maximum absolute atomic E-state index is 4.97. The van der Waals surface area contributed by atoms with Crippen molar-refractivity contribution in [2.75, 3.05) is 5.32 Å². The largest absolute Gasteiger partial charge is 0.361 e. The summed E-state index contributed by atoms with van der Waals surface area (Å²) in [5, 5.41) is 6.84. The monoisotopic (exact) mass is 204 g/mol. The van der Waals surface area contributed by atoms with Gasteiger partial charge in [-0.3, -0.25) is 0 Å². The first kappa shape index (κ1) is 9.64. The van der Waals surface area contributed by atoms with E-state index in [0.29, 0.717) is 18.3 Å². The molecule has 0 saturated heterocycles. The normalized spacial score (nSPS) is 10.3. The van der Waals surface area contributed by atoms with Gasteiger partial charge in [0.1, 0.15) is 5.82 Å². The van der Waals surface area contributed by atoms with Crippen LogP contribution in [0.3, 0.4) is 0 Å². The van der Waals surface area contributed by atoms with Gasteiger partial charge in [-0.1, -0.05) is 11.2 Å². The fourth-order valence-electron chi connectivity index (χ4n) is 1.24. The van der Waals surface area contributed by atoms with Crippen LogP contribution in [0.1, 0.15) is 17.3 Å². The lowest BCUT2D eigenvalue weighted by molar-refractivity contribution is 0.379. The molecule has 1 N–H and O–H groups in total. The Balaban J connectivity index is 2.02. The molecule has 0 aliphatic rings. The minimum absolute atomic E-state index is 0.499. The summed E-state index contributed by atoms with van der Waals surface area (Å²) >= 11 is 0. The lowest BCUT2D eigenvalue weighted by atomic mass is 10.3. The molecular formula is C10H12N4O. The zero-order chi connectivity index (χ0) is 10.7. The second-order valence-electron chi connectivity index (χ2n) is 3.26. The van der Waals surface area contributed by atoms with Crippen LogP contribution in [0.2, 0.25) is 0 Å². The Bertz CT molecular complexity index is 452. The average Bonchev–Trinajstić information content (AvgIpc) is 2.63. The third kappa shape index (κ3) is 2.31. The van der Waals surface area contributed by atoms with E-state index < -0.39 is 0 Å². The Labute approximate surface area is 87.5 Å². The number of nitrogens with one attached hydrogen (secondary N) is 1. The third-order valence-electron chi connectivity index (χ3n) is 1.99. The van der Waals surface area contributed by atoms with Gasteiger partial charge in [0.2, 0.25) is 5.89 Å². The van der Waals surface area contributed by atoms with Gasteiger partial charge in [0.25, 0.3) is 0 Å². The van der Waals surface area contributed by atoms with Gasteiger partial charge in [0, 0.05) is 6.20 Å². The van der Waals surface area contributed by atoms with Crippen molar-refractivity contribution >= 4 is 5.82 Å². The van der Waals surface area contributed by atoms with Gasteiger partial charge in [-0.25, -0.2) is 4.98 Å². The first-order valence-electron chi connectivity index (χ1n) is 4.70. The quantitative estimate of drug-likeness (QED) is 0.824. The van der Waals surface area contributed by atoms with E-state index in [4.69, 9.17) is 4.52 Å². The molecule has 0 saturated carbocycles. The van der Waals surface area contributed by atoms with Gasteiger partial charge in [-0.2, -0.15) is 4.98 Å². The fraction of sp³-hybridized carbons (Fsp3) is 0.300.